The zero-order valence-corrected chi connectivity index (χ0v) is 11.8. The maximum Gasteiger partial charge on any atom is 0.183 e. The summed E-state index contributed by atoms with van der Waals surface area (Å²) in [6, 6.07) is 4.53. The third-order valence-corrected chi connectivity index (χ3v) is 4.94. The van der Waals surface area contributed by atoms with E-state index in [-0.39, 0.29) is 5.78 Å². The molecule has 0 saturated heterocycles. The number of thioether (sulfide) groups is 1. The van der Waals surface area contributed by atoms with E-state index in [0.29, 0.717) is 11.8 Å². The summed E-state index contributed by atoms with van der Waals surface area (Å²) in [4.78, 5) is 18.4. The van der Waals surface area contributed by atoms with Gasteiger partial charge in [0.1, 0.15) is 0 Å². The van der Waals surface area contributed by atoms with Crippen molar-refractivity contribution in [2.75, 3.05) is 5.75 Å². The van der Waals surface area contributed by atoms with Gasteiger partial charge in [-0.05, 0) is 31.9 Å². The molecule has 1 fully saturated rings. The van der Waals surface area contributed by atoms with Crippen LogP contribution in [0.15, 0.2) is 29.7 Å². The molecule has 3 rings (SSSR count). The summed E-state index contributed by atoms with van der Waals surface area (Å²) in [5, 5.41) is 0.971. The van der Waals surface area contributed by atoms with E-state index in [9.17, 15) is 4.79 Å². The van der Waals surface area contributed by atoms with Gasteiger partial charge in [0.15, 0.2) is 10.9 Å². The fourth-order valence-corrected chi connectivity index (χ4v) is 3.63. The molecule has 1 saturated carbocycles. The third kappa shape index (κ3) is 2.52. The van der Waals surface area contributed by atoms with E-state index < -0.39 is 0 Å². The first-order chi connectivity index (χ1) is 8.74. The minimum absolute atomic E-state index is 0.198. The van der Waals surface area contributed by atoms with E-state index in [0.717, 1.165) is 10.0 Å². The lowest BCUT2D eigenvalue weighted by molar-refractivity contribution is 0.102. The summed E-state index contributed by atoms with van der Waals surface area (Å²) < 4.78 is 2.19. The number of nitrogens with zero attached hydrogens (tertiary/aromatic N) is 2. The van der Waals surface area contributed by atoms with Gasteiger partial charge in [0, 0.05) is 23.3 Å². The van der Waals surface area contributed by atoms with Crippen LogP contribution in [0.1, 0.15) is 33.4 Å². The maximum absolute atomic E-state index is 12.0. The van der Waals surface area contributed by atoms with Crippen LogP contribution in [-0.4, -0.2) is 21.1 Å². The largest absolute Gasteiger partial charge is 0.323 e. The first-order valence-electron chi connectivity index (χ1n) is 5.99. The second-order valence-corrected chi connectivity index (χ2v) is 6.70. The van der Waals surface area contributed by atoms with Gasteiger partial charge in [-0.3, -0.25) is 4.79 Å². The summed E-state index contributed by atoms with van der Waals surface area (Å²) in [7, 11) is 0. The molecule has 2 aromatic heterocycles. The van der Waals surface area contributed by atoms with Gasteiger partial charge >= 0.3 is 0 Å². The summed E-state index contributed by atoms with van der Waals surface area (Å²) in [5.41, 5.74) is 0. The number of imidazole rings is 1. The van der Waals surface area contributed by atoms with E-state index in [1.807, 2.05) is 31.5 Å². The standard InChI is InChI=1S/C13H14N2OS2/c1-9-2-5-12(18-9)11(16)8-17-13-14-6-7-15(13)10-3-4-10/h2,5-7,10H,3-4,8H2,1H3. The van der Waals surface area contributed by atoms with Crippen molar-refractivity contribution in [1.29, 1.82) is 0 Å². The average molecular weight is 278 g/mol. The Morgan fingerprint density at radius 1 is 1.56 bits per heavy atom. The molecule has 18 heavy (non-hydrogen) atoms. The van der Waals surface area contributed by atoms with E-state index >= 15 is 0 Å². The molecule has 0 unspecified atom stereocenters. The minimum atomic E-state index is 0.198. The van der Waals surface area contributed by atoms with Crippen LogP contribution in [0.5, 0.6) is 0 Å². The predicted molar refractivity (Wildman–Crippen MR) is 74.6 cm³/mol. The van der Waals surface area contributed by atoms with E-state index in [4.69, 9.17) is 0 Å². The Kier molecular flexibility index (Phi) is 3.26. The van der Waals surface area contributed by atoms with Crippen LogP contribution in [0.2, 0.25) is 0 Å². The van der Waals surface area contributed by atoms with Gasteiger partial charge in [-0.2, -0.15) is 0 Å². The molecule has 94 valence electrons. The van der Waals surface area contributed by atoms with Gasteiger partial charge in [-0.15, -0.1) is 11.3 Å². The lowest BCUT2D eigenvalue weighted by atomic mass is 10.3. The molecule has 0 aromatic carbocycles. The van der Waals surface area contributed by atoms with Crippen molar-refractivity contribution < 1.29 is 4.79 Å². The normalized spacial score (nSPS) is 14.9. The average Bonchev–Trinajstić information content (AvgIpc) is 2.94. The summed E-state index contributed by atoms with van der Waals surface area (Å²) in [5.74, 6) is 0.674. The molecule has 0 aliphatic heterocycles. The number of ketones is 1. The monoisotopic (exact) mass is 278 g/mol. The van der Waals surface area contributed by atoms with Crippen molar-refractivity contribution in [1.82, 2.24) is 9.55 Å². The predicted octanol–water partition coefficient (Wildman–Crippen LogP) is 3.56. The molecule has 0 amide bonds. The molecule has 1 aliphatic rings. The van der Waals surface area contributed by atoms with E-state index in [1.165, 1.54) is 17.7 Å². The van der Waals surface area contributed by atoms with Crippen molar-refractivity contribution in [3.63, 3.8) is 0 Å². The van der Waals surface area contributed by atoms with Crippen LogP contribution >= 0.6 is 23.1 Å². The fourth-order valence-electron chi connectivity index (χ4n) is 1.83. The highest BCUT2D eigenvalue weighted by Crippen LogP contribution is 2.37. The summed E-state index contributed by atoms with van der Waals surface area (Å²) in [6.45, 7) is 2.02. The van der Waals surface area contributed by atoms with Gasteiger partial charge in [-0.1, -0.05) is 11.8 Å². The number of rotatable bonds is 5. The third-order valence-electron chi connectivity index (χ3n) is 2.92. The topological polar surface area (TPSA) is 34.9 Å². The van der Waals surface area contributed by atoms with Gasteiger partial charge in [0.05, 0.1) is 10.6 Å². The number of Topliss-reactive ketones (excluding diaryl/α,β-unsaturated/α-hetero) is 1. The molecule has 5 heteroatoms. The van der Waals surface area contributed by atoms with Crippen molar-refractivity contribution >= 4 is 28.9 Å². The Labute approximate surface area is 114 Å². The number of carbonyl (C=O) groups excluding carboxylic acids is 1. The lowest BCUT2D eigenvalue weighted by Gasteiger charge is -2.04. The second kappa shape index (κ2) is 4.90. The van der Waals surface area contributed by atoms with Crippen LogP contribution in [-0.2, 0) is 0 Å². The SMILES string of the molecule is Cc1ccc(C(=O)CSc2nccn2C2CC2)s1. The Hall–Kier alpha value is -1.07. The molecular formula is C13H14N2OS2. The van der Waals surface area contributed by atoms with Crippen LogP contribution < -0.4 is 0 Å². The maximum atomic E-state index is 12.0. The molecular weight excluding hydrogens is 264 g/mol. The molecule has 2 aromatic rings. The Balaban J connectivity index is 1.63. The Morgan fingerprint density at radius 3 is 3.06 bits per heavy atom. The molecule has 2 heterocycles. The molecule has 0 atom stereocenters. The van der Waals surface area contributed by atoms with Crippen molar-refractivity contribution in [2.24, 2.45) is 0 Å². The van der Waals surface area contributed by atoms with Crippen LogP contribution in [0.4, 0.5) is 0 Å². The van der Waals surface area contributed by atoms with Crippen molar-refractivity contribution in [2.45, 2.75) is 31.0 Å². The molecule has 0 radical (unpaired) electrons. The van der Waals surface area contributed by atoms with Crippen LogP contribution in [0.3, 0.4) is 0 Å². The zero-order valence-electron chi connectivity index (χ0n) is 10.1. The first-order valence-corrected chi connectivity index (χ1v) is 7.79. The number of hydrogen-bond acceptors (Lipinski definition) is 4. The number of hydrogen-bond donors (Lipinski definition) is 0. The number of aromatic nitrogens is 2. The summed E-state index contributed by atoms with van der Waals surface area (Å²) >= 11 is 3.11. The van der Waals surface area contributed by atoms with Crippen LogP contribution in [0.25, 0.3) is 0 Å². The molecule has 0 N–H and O–H groups in total. The fraction of sp³-hybridized carbons (Fsp3) is 0.385. The number of carbonyl (C=O) groups is 1. The van der Waals surface area contributed by atoms with Gasteiger partial charge in [0.25, 0.3) is 0 Å². The Morgan fingerprint density at radius 2 is 2.39 bits per heavy atom. The highest BCUT2D eigenvalue weighted by atomic mass is 32.2. The highest BCUT2D eigenvalue weighted by Gasteiger charge is 2.25. The van der Waals surface area contributed by atoms with Gasteiger partial charge < -0.3 is 4.57 Å². The van der Waals surface area contributed by atoms with Crippen LogP contribution in [0, 0.1) is 6.92 Å². The number of aryl methyl sites for hydroxylation is 1. The van der Waals surface area contributed by atoms with E-state index in [2.05, 4.69) is 9.55 Å². The second-order valence-electron chi connectivity index (χ2n) is 4.47. The van der Waals surface area contributed by atoms with E-state index in [1.54, 1.807) is 23.1 Å². The first kappa shape index (κ1) is 12.0. The van der Waals surface area contributed by atoms with Gasteiger partial charge in [-0.25, -0.2) is 4.98 Å². The lowest BCUT2D eigenvalue weighted by Crippen LogP contribution is -2.02. The zero-order chi connectivity index (χ0) is 12.5. The smallest absolute Gasteiger partial charge is 0.183 e. The number of thiophene rings is 1. The molecule has 0 spiro atoms. The summed E-state index contributed by atoms with van der Waals surface area (Å²) in [6.07, 6.45) is 6.31. The Bertz CT molecular complexity index is 569. The van der Waals surface area contributed by atoms with Crippen molar-refractivity contribution in [3.8, 4) is 0 Å². The molecule has 1 aliphatic carbocycles. The van der Waals surface area contributed by atoms with Crippen molar-refractivity contribution in [3.05, 3.63) is 34.3 Å². The van der Waals surface area contributed by atoms with Gasteiger partial charge in [0.2, 0.25) is 0 Å². The highest BCUT2D eigenvalue weighted by molar-refractivity contribution is 7.99. The molecule has 0 bridgehead atoms. The molecule has 3 nitrogen and oxygen atoms in total. The minimum Gasteiger partial charge on any atom is -0.323 e. The quantitative estimate of drug-likeness (QED) is 0.619.